The minimum Gasteiger partial charge on any atom is -0.481 e. The van der Waals surface area contributed by atoms with E-state index in [2.05, 4.69) is 10.9 Å². The number of carbonyl (C=O) groups is 3. The third-order valence-electron chi connectivity index (χ3n) is 5.62. The van der Waals surface area contributed by atoms with Crippen LogP contribution in [-0.2, 0) is 14.4 Å². The van der Waals surface area contributed by atoms with Crippen LogP contribution in [0.5, 0.6) is 5.75 Å². The smallest absolute Gasteiger partial charge is 0.307 e. The zero-order valence-electron chi connectivity index (χ0n) is 15.2. The Hall–Kier alpha value is -2.28. The number of fused-ring (bicyclic) bond motifs is 2. The Morgan fingerprint density at radius 2 is 1.85 bits per heavy atom. The van der Waals surface area contributed by atoms with Crippen molar-refractivity contribution < 1.29 is 24.2 Å². The van der Waals surface area contributed by atoms with Crippen LogP contribution in [0.1, 0.15) is 31.7 Å². The van der Waals surface area contributed by atoms with Gasteiger partial charge in [-0.15, -0.1) is 0 Å². The molecule has 5 atom stereocenters. The quantitative estimate of drug-likeness (QED) is 0.665. The molecule has 0 spiro atoms. The van der Waals surface area contributed by atoms with E-state index in [4.69, 9.17) is 16.3 Å². The molecule has 2 fully saturated rings. The second kappa shape index (κ2) is 7.76. The van der Waals surface area contributed by atoms with Crippen molar-refractivity contribution in [3.05, 3.63) is 28.8 Å². The molecule has 0 aromatic heterocycles. The molecule has 27 heavy (non-hydrogen) atoms. The molecule has 0 aliphatic heterocycles. The van der Waals surface area contributed by atoms with Gasteiger partial charge in [0.15, 0.2) is 6.10 Å². The number of carboxylic acids is 1. The number of aryl methyl sites for hydroxylation is 1. The molecule has 7 nitrogen and oxygen atoms in total. The summed E-state index contributed by atoms with van der Waals surface area (Å²) in [5.74, 6) is -2.55. The van der Waals surface area contributed by atoms with Gasteiger partial charge in [-0.25, -0.2) is 0 Å². The topological polar surface area (TPSA) is 105 Å². The maximum atomic E-state index is 12.5. The molecule has 3 rings (SSSR count). The first-order valence-corrected chi connectivity index (χ1v) is 9.41. The maximum Gasteiger partial charge on any atom is 0.307 e. The molecule has 0 heterocycles. The molecule has 0 unspecified atom stereocenters. The summed E-state index contributed by atoms with van der Waals surface area (Å²) in [7, 11) is 0. The number of rotatable bonds is 5. The normalized spacial score (nSPS) is 27.1. The molecule has 0 radical (unpaired) electrons. The van der Waals surface area contributed by atoms with Gasteiger partial charge in [0.05, 0.1) is 11.8 Å². The van der Waals surface area contributed by atoms with Crippen LogP contribution in [0.2, 0.25) is 5.02 Å². The molecule has 2 aliphatic rings. The molecule has 2 saturated carbocycles. The minimum absolute atomic E-state index is 0.0501. The lowest BCUT2D eigenvalue weighted by Crippen LogP contribution is -2.51. The zero-order chi connectivity index (χ0) is 19.7. The average molecular weight is 395 g/mol. The van der Waals surface area contributed by atoms with Gasteiger partial charge in [0, 0.05) is 5.02 Å². The summed E-state index contributed by atoms with van der Waals surface area (Å²) in [6.45, 7) is 3.38. The number of hydrazine groups is 1. The zero-order valence-corrected chi connectivity index (χ0v) is 16.0. The lowest BCUT2D eigenvalue weighted by molar-refractivity contribution is -0.150. The summed E-state index contributed by atoms with van der Waals surface area (Å²) < 4.78 is 5.61. The van der Waals surface area contributed by atoms with Crippen molar-refractivity contribution in [1.82, 2.24) is 10.9 Å². The van der Waals surface area contributed by atoms with E-state index in [1.807, 2.05) is 6.92 Å². The third kappa shape index (κ3) is 4.03. The Bertz CT molecular complexity index is 768. The van der Waals surface area contributed by atoms with Crippen molar-refractivity contribution in [2.24, 2.45) is 23.7 Å². The van der Waals surface area contributed by atoms with Gasteiger partial charge in [-0.1, -0.05) is 11.6 Å². The predicted molar refractivity (Wildman–Crippen MR) is 98.0 cm³/mol. The lowest BCUT2D eigenvalue weighted by atomic mass is 9.79. The molecular formula is C19H23ClN2O5. The summed E-state index contributed by atoms with van der Waals surface area (Å²) in [4.78, 5) is 36.2. The van der Waals surface area contributed by atoms with Gasteiger partial charge in [0.2, 0.25) is 5.91 Å². The summed E-state index contributed by atoms with van der Waals surface area (Å²) in [6, 6.07) is 5.06. The number of ether oxygens (including phenoxy) is 1. The third-order valence-corrected chi connectivity index (χ3v) is 5.86. The van der Waals surface area contributed by atoms with Crippen molar-refractivity contribution in [2.45, 2.75) is 39.2 Å². The number of halogens is 1. The molecule has 146 valence electrons. The molecule has 3 N–H and O–H groups in total. The van der Waals surface area contributed by atoms with Gasteiger partial charge in [-0.3, -0.25) is 25.2 Å². The first-order chi connectivity index (χ1) is 12.8. The van der Waals surface area contributed by atoms with Crippen LogP contribution in [-0.4, -0.2) is 29.0 Å². The second-order valence-corrected chi connectivity index (χ2v) is 7.81. The molecule has 1 aromatic rings. The maximum absolute atomic E-state index is 12.5. The number of hydrogen-bond acceptors (Lipinski definition) is 4. The van der Waals surface area contributed by atoms with Crippen LogP contribution in [0.4, 0.5) is 0 Å². The predicted octanol–water partition coefficient (Wildman–Crippen LogP) is 2.31. The van der Waals surface area contributed by atoms with E-state index in [1.54, 1.807) is 25.1 Å². The average Bonchev–Trinajstić information content (AvgIpc) is 3.22. The number of carboxylic acid groups (broad SMARTS) is 1. The summed E-state index contributed by atoms with van der Waals surface area (Å²) in [5.41, 5.74) is 5.52. The van der Waals surface area contributed by atoms with Gasteiger partial charge in [-0.2, -0.15) is 0 Å². The lowest BCUT2D eigenvalue weighted by Gasteiger charge is -2.27. The summed E-state index contributed by atoms with van der Waals surface area (Å²) in [6.07, 6.45) is 1.62. The Labute approximate surface area is 162 Å². The van der Waals surface area contributed by atoms with Crippen LogP contribution in [0.3, 0.4) is 0 Å². The van der Waals surface area contributed by atoms with E-state index in [-0.39, 0.29) is 11.8 Å². The fraction of sp³-hybridized carbons (Fsp3) is 0.526. The summed E-state index contributed by atoms with van der Waals surface area (Å²) in [5, 5.41) is 10.0. The second-order valence-electron chi connectivity index (χ2n) is 7.37. The molecular weight excluding hydrogens is 372 g/mol. The minimum atomic E-state index is -0.941. The largest absolute Gasteiger partial charge is 0.481 e. The van der Waals surface area contributed by atoms with E-state index in [9.17, 15) is 19.5 Å². The first-order valence-electron chi connectivity index (χ1n) is 9.03. The highest BCUT2D eigenvalue weighted by Gasteiger charge is 2.54. The van der Waals surface area contributed by atoms with E-state index >= 15 is 0 Å². The highest BCUT2D eigenvalue weighted by molar-refractivity contribution is 6.30. The molecule has 0 saturated heterocycles. The first kappa shape index (κ1) is 19.5. The fourth-order valence-corrected chi connectivity index (χ4v) is 4.55. The molecule has 8 heteroatoms. The standard InChI is InChI=1S/C19H23ClN2O5/c1-9-7-13(20)5-6-14(9)27-10(2)17(23)21-22-18(24)15-11-3-4-12(8-11)16(15)19(25)26/h5-7,10-12,15-16H,3-4,8H2,1-2H3,(H,21,23)(H,22,24)(H,25,26)/t10-,11+,12+,15-,16+/m1/s1. The van der Waals surface area contributed by atoms with Crippen LogP contribution >= 0.6 is 11.6 Å². The van der Waals surface area contributed by atoms with Crippen molar-refractivity contribution in [3.63, 3.8) is 0 Å². The van der Waals surface area contributed by atoms with E-state index < -0.39 is 35.7 Å². The van der Waals surface area contributed by atoms with Crippen molar-refractivity contribution in [2.75, 3.05) is 0 Å². The number of nitrogens with one attached hydrogen (secondary N) is 2. The monoisotopic (exact) mass is 394 g/mol. The van der Waals surface area contributed by atoms with Gasteiger partial charge < -0.3 is 9.84 Å². The van der Waals surface area contributed by atoms with E-state index in [1.165, 1.54) is 0 Å². The van der Waals surface area contributed by atoms with Crippen LogP contribution < -0.4 is 15.6 Å². The van der Waals surface area contributed by atoms with Crippen LogP contribution in [0, 0.1) is 30.6 Å². The number of hydrogen-bond donors (Lipinski definition) is 3. The molecule has 2 aliphatic carbocycles. The van der Waals surface area contributed by atoms with E-state index in [0.29, 0.717) is 10.8 Å². The van der Waals surface area contributed by atoms with Crippen LogP contribution in [0.25, 0.3) is 0 Å². The van der Waals surface area contributed by atoms with Crippen molar-refractivity contribution in [1.29, 1.82) is 0 Å². The summed E-state index contributed by atoms with van der Waals surface area (Å²) >= 11 is 5.90. The van der Waals surface area contributed by atoms with Gasteiger partial charge in [-0.05, 0) is 68.7 Å². The number of aliphatic carboxylic acids is 1. The Morgan fingerprint density at radius 3 is 2.48 bits per heavy atom. The van der Waals surface area contributed by atoms with Gasteiger partial charge >= 0.3 is 5.97 Å². The number of benzene rings is 1. The Balaban J connectivity index is 1.55. The SMILES string of the molecule is Cc1cc(Cl)ccc1O[C@H](C)C(=O)NNC(=O)[C@@H]1[C@H]2CC[C@@H](C2)[C@@H]1C(=O)O. The molecule has 2 bridgehead atoms. The molecule has 1 aromatic carbocycles. The fourth-order valence-electron chi connectivity index (χ4n) is 4.32. The highest BCUT2D eigenvalue weighted by atomic mass is 35.5. The Morgan fingerprint density at radius 1 is 1.19 bits per heavy atom. The molecule has 2 amide bonds. The van der Waals surface area contributed by atoms with E-state index in [0.717, 1.165) is 24.8 Å². The Kier molecular flexibility index (Phi) is 5.60. The van der Waals surface area contributed by atoms with Crippen molar-refractivity contribution in [3.8, 4) is 5.75 Å². The number of amides is 2. The van der Waals surface area contributed by atoms with Crippen molar-refractivity contribution >= 4 is 29.4 Å². The van der Waals surface area contributed by atoms with Crippen LogP contribution in [0.15, 0.2) is 18.2 Å². The number of carbonyl (C=O) groups excluding carboxylic acids is 2. The van der Waals surface area contributed by atoms with Gasteiger partial charge in [0.25, 0.3) is 5.91 Å². The highest BCUT2D eigenvalue weighted by Crippen LogP contribution is 2.52. The van der Waals surface area contributed by atoms with Gasteiger partial charge in [0.1, 0.15) is 5.75 Å².